The molecule has 11 nitrogen and oxygen atoms in total. The number of aromatic nitrogens is 2. The third kappa shape index (κ3) is 3.34. The Balaban J connectivity index is 1.99. The molecule has 0 aliphatic carbocycles. The van der Waals surface area contributed by atoms with Gasteiger partial charge in [0.05, 0.1) is 22.2 Å². The van der Waals surface area contributed by atoms with Crippen LogP contribution in [0.4, 0.5) is 17.1 Å². The molecule has 2 heterocycles. The lowest BCUT2D eigenvalue weighted by Crippen LogP contribution is -2.08. The van der Waals surface area contributed by atoms with E-state index in [1.807, 2.05) is 0 Å². The monoisotopic (exact) mass is 342 g/mol. The lowest BCUT2D eigenvalue weighted by Gasteiger charge is -2.04. The van der Waals surface area contributed by atoms with Gasteiger partial charge in [-0.05, 0) is 18.2 Å². The largest absolute Gasteiger partial charge is 0.463 e. The van der Waals surface area contributed by atoms with Gasteiger partial charge in [-0.2, -0.15) is 5.10 Å². The summed E-state index contributed by atoms with van der Waals surface area (Å²) < 4.78 is 5.28. The molecule has 0 radical (unpaired) electrons. The molecule has 0 aliphatic rings. The minimum absolute atomic E-state index is 0.00814. The SMILES string of the molecule is O=[N+]([O-])c1ccc(N/N=C(/c2ncc[nH]2)c2ccco2)c([N+](=O)[O-])c1. The van der Waals surface area contributed by atoms with Gasteiger partial charge >= 0.3 is 5.69 Å². The van der Waals surface area contributed by atoms with Crippen LogP contribution in [0.1, 0.15) is 11.6 Å². The number of hydrogen-bond acceptors (Lipinski definition) is 8. The first-order valence-corrected chi connectivity index (χ1v) is 6.86. The molecule has 3 rings (SSSR count). The molecule has 0 amide bonds. The van der Waals surface area contributed by atoms with Gasteiger partial charge in [0, 0.05) is 18.5 Å². The lowest BCUT2D eigenvalue weighted by molar-refractivity contribution is -0.393. The summed E-state index contributed by atoms with van der Waals surface area (Å²) in [4.78, 5) is 27.4. The average molecular weight is 342 g/mol. The number of imidazole rings is 1. The Hall–Kier alpha value is -4.02. The van der Waals surface area contributed by atoms with Gasteiger partial charge in [0.15, 0.2) is 17.3 Å². The van der Waals surface area contributed by atoms with Crippen molar-refractivity contribution in [2.45, 2.75) is 0 Å². The summed E-state index contributed by atoms with van der Waals surface area (Å²) in [5, 5.41) is 26.0. The molecular formula is C14H10N6O5. The Labute approximate surface area is 139 Å². The smallest absolute Gasteiger partial charge is 0.301 e. The van der Waals surface area contributed by atoms with Gasteiger partial charge in [-0.3, -0.25) is 25.7 Å². The second-order valence-electron chi connectivity index (χ2n) is 4.70. The van der Waals surface area contributed by atoms with Crippen molar-refractivity contribution in [2.24, 2.45) is 5.10 Å². The summed E-state index contributed by atoms with van der Waals surface area (Å²) in [6.45, 7) is 0. The number of hydrogen-bond donors (Lipinski definition) is 2. The van der Waals surface area contributed by atoms with Crippen LogP contribution in [0.5, 0.6) is 0 Å². The number of non-ortho nitro benzene ring substituents is 1. The zero-order valence-electron chi connectivity index (χ0n) is 12.4. The van der Waals surface area contributed by atoms with E-state index < -0.39 is 21.2 Å². The van der Waals surface area contributed by atoms with Crippen LogP contribution in [-0.2, 0) is 0 Å². The van der Waals surface area contributed by atoms with Crippen LogP contribution in [0.15, 0.2) is 58.5 Å². The van der Waals surface area contributed by atoms with Gasteiger partial charge in [-0.25, -0.2) is 4.98 Å². The molecule has 0 saturated carbocycles. The summed E-state index contributed by atoms with van der Waals surface area (Å²) >= 11 is 0. The Kier molecular flexibility index (Phi) is 4.20. The van der Waals surface area contributed by atoms with Crippen molar-refractivity contribution < 1.29 is 14.3 Å². The standard InChI is InChI=1S/C14H10N6O5/c21-19(22)9-3-4-10(11(8-9)20(23)24)17-18-13(12-2-1-7-25-12)14-15-5-6-16-14/h1-8,17H,(H,15,16)/b18-13+. The van der Waals surface area contributed by atoms with Crippen molar-refractivity contribution in [3.05, 3.63) is 80.8 Å². The zero-order valence-corrected chi connectivity index (χ0v) is 12.4. The van der Waals surface area contributed by atoms with Crippen molar-refractivity contribution >= 4 is 22.8 Å². The normalized spacial score (nSPS) is 11.3. The summed E-state index contributed by atoms with van der Waals surface area (Å²) in [6, 6.07) is 6.51. The molecule has 0 saturated heterocycles. The Bertz CT molecular complexity index is 897. The lowest BCUT2D eigenvalue weighted by atomic mass is 10.2. The number of nitro benzene ring substituents is 2. The predicted octanol–water partition coefficient (Wildman–Crippen LogP) is 2.68. The second kappa shape index (κ2) is 6.62. The molecule has 0 spiro atoms. The molecule has 2 N–H and O–H groups in total. The van der Waals surface area contributed by atoms with E-state index in [1.165, 1.54) is 18.5 Å². The number of nitro groups is 2. The van der Waals surface area contributed by atoms with Gasteiger partial charge < -0.3 is 9.40 Å². The van der Waals surface area contributed by atoms with Crippen LogP contribution in [0.25, 0.3) is 0 Å². The summed E-state index contributed by atoms with van der Waals surface area (Å²) in [6.07, 6.45) is 4.55. The molecule has 2 aromatic heterocycles. The van der Waals surface area contributed by atoms with Crippen LogP contribution >= 0.6 is 0 Å². The van der Waals surface area contributed by atoms with Gasteiger partial charge in [0.1, 0.15) is 5.69 Å². The van der Waals surface area contributed by atoms with Gasteiger partial charge in [0.2, 0.25) is 0 Å². The summed E-state index contributed by atoms with van der Waals surface area (Å²) in [7, 11) is 0. The highest BCUT2D eigenvalue weighted by Gasteiger charge is 2.20. The van der Waals surface area contributed by atoms with Crippen LogP contribution < -0.4 is 5.43 Å². The number of rotatable bonds is 6. The molecule has 1 aromatic carbocycles. The van der Waals surface area contributed by atoms with E-state index in [9.17, 15) is 20.2 Å². The number of furan rings is 1. The zero-order chi connectivity index (χ0) is 17.8. The third-order valence-electron chi connectivity index (χ3n) is 3.15. The van der Waals surface area contributed by atoms with Gasteiger partial charge in [-0.15, -0.1) is 0 Å². The highest BCUT2D eigenvalue weighted by atomic mass is 16.6. The third-order valence-corrected chi connectivity index (χ3v) is 3.15. The van der Waals surface area contributed by atoms with E-state index >= 15 is 0 Å². The van der Waals surface area contributed by atoms with Crippen LogP contribution in [-0.4, -0.2) is 25.5 Å². The highest BCUT2D eigenvalue weighted by Crippen LogP contribution is 2.29. The maximum Gasteiger partial charge on any atom is 0.301 e. The van der Waals surface area contributed by atoms with E-state index in [2.05, 4.69) is 20.5 Å². The van der Waals surface area contributed by atoms with Crippen LogP contribution in [0.3, 0.4) is 0 Å². The molecule has 11 heteroatoms. The number of benzene rings is 1. The van der Waals surface area contributed by atoms with Crippen LogP contribution in [0.2, 0.25) is 0 Å². The first kappa shape index (κ1) is 15.9. The quantitative estimate of drug-likeness (QED) is 0.396. The van der Waals surface area contributed by atoms with Crippen molar-refractivity contribution in [1.29, 1.82) is 0 Å². The minimum atomic E-state index is -0.732. The number of aromatic amines is 1. The topological polar surface area (TPSA) is 152 Å². The molecule has 0 aliphatic heterocycles. The molecule has 0 unspecified atom stereocenters. The van der Waals surface area contributed by atoms with E-state index in [-0.39, 0.29) is 11.4 Å². The Morgan fingerprint density at radius 1 is 1.24 bits per heavy atom. The Morgan fingerprint density at radius 2 is 2.08 bits per heavy atom. The minimum Gasteiger partial charge on any atom is -0.463 e. The van der Waals surface area contributed by atoms with Gasteiger partial charge in [-0.1, -0.05) is 0 Å². The van der Waals surface area contributed by atoms with E-state index in [0.29, 0.717) is 11.6 Å². The van der Waals surface area contributed by atoms with Crippen molar-refractivity contribution in [1.82, 2.24) is 9.97 Å². The maximum absolute atomic E-state index is 11.2. The highest BCUT2D eigenvalue weighted by molar-refractivity contribution is 6.09. The molecule has 0 atom stereocenters. The van der Waals surface area contributed by atoms with E-state index in [0.717, 1.165) is 12.1 Å². The average Bonchev–Trinajstić information content (AvgIpc) is 3.29. The van der Waals surface area contributed by atoms with Crippen molar-refractivity contribution in [2.75, 3.05) is 5.43 Å². The molecule has 3 aromatic rings. The molecule has 0 bridgehead atoms. The van der Waals surface area contributed by atoms with E-state index in [4.69, 9.17) is 4.42 Å². The van der Waals surface area contributed by atoms with Crippen LogP contribution in [0, 0.1) is 20.2 Å². The number of H-pyrrole nitrogens is 1. The number of nitrogens with one attached hydrogen (secondary N) is 2. The van der Waals surface area contributed by atoms with Gasteiger partial charge in [0.25, 0.3) is 5.69 Å². The second-order valence-corrected chi connectivity index (χ2v) is 4.70. The first-order chi connectivity index (χ1) is 12.1. The molecule has 126 valence electrons. The maximum atomic E-state index is 11.2. The fourth-order valence-corrected chi connectivity index (χ4v) is 2.03. The fraction of sp³-hybridized carbons (Fsp3) is 0. The number of nitrogens with zero attached hydrogens (tertiary/aromatic N) is 4. The molecule has 25 heavy (non-hydrogen) atoms. The summed E-state index contributed by atoms with van der Waals surface area (Å²) in [5.74, 6) is 0.763. The number of anilines is 1. The first-order valence-electron chi connectivity index (χ1n) is 6.86. The van der Waals surface area contributed by atoms with Crippen molar-refractivity contribution in [3.8, 4) is 0 Å². The Morgan fingerprint density at radius 3 is 2.68 bits per heavy atom. The number of hydrazone groups is 1. The summed E-state index contributed by atoms with van der Waals surface area (Å²) in [5.41, 5.74) is 1.95. The fourth-order valence-electron chi connectivity index (χ4n) is 2.03. The van der Waals surface area contributed by atoms with Crippen molar-refractivity contribution in [3.63, 3.8) is 0 Å². The molecule has 0 fully saturated rings. The van der Waals surface area contributed by atoms with E-state index in [1.54, 1.807) is 18.3 Å². The predicted molar refractivity (Wildman–Crippen MR) is 86.3 cm³/mol. The molecular weight excluding hydrogens is 332 g/mol.